The Morgan fingerprint density at radius 1 is 1.33 bits per heavy atom. The Balaban J connectivity index is 2.42. The van der Waals surface area contributed by atoms with E-state index in [1.54, 1.807) is 31.5 Å². The summed E-state index contributed by atoms with van der Waals surface area (Å²) in [6, 6.07) is 7.51. The Morgan fingerprint density at radius 2 is 2.05 bits per heavy atom. The van der Waals surface area contributed by atoms with Gasteiger partial charge < -0.3 is 5.32 Å². The van der Waals surface area contributed by atoms with E-state index in [0.29, 0.717) is 6.54 Å². The lowest BCUT2D eigenvalue weighted by Gasteiger charge is -2.22. The molecule has 4 nitrogen and oxygen atoms in total. The first-order valence-corrected chi connectivity index (χ1v) is 8.82. The molecule has 0 fully saturated rings. The first kappa shape index (κ1) is 15.9. The molecule has 1 aromatic carbocycles. The first-order valence-electron chi connectivity index (χ1n) is 6.50. The van der Waals surface area contributed by atoms with Gasteiger partial charge in [-0.25, -0.2) is 12.8 Å². The van der Waals surface area contributed by atoms with E-state index in [4.69, 9.17) is 0 Å². The van der Waals surface area contributed by atoms with E-state index in [2.05, 4.69) is 5.32 Å². The number of hydrogen-bond donors (Lipinski definition) is 1. The second kappa shape index (κ2) is 6.55. The van der Waals surface area contributed by atoms with Crippen LogP contribution in [0.5, 0.6) is 0 Å². The van der Waals surface area contributed by atoms with Crippen molar-refractivity contribution in [3.8, 4) is 0 Å². The van der Waals surface area contributed by atoms with Gasteiger partial charge in [0.05, 0.1) is 10.6 Å². The lowest BCUT2D eigenvalue weighted by Crippen LogP contribution is -2.31. The molecule has 0 saturated carbocycles. The van der Waals surface area contributed by atoms with E-state index in [1.807, 2.05) is 0 Å². The van der Waals surface area contributed by atoms with Gasteiger partial charge >= 0.3 is 0 Å². The van der Waals surface area contributed by atoms with E-state index in [-0.39, 0.29) is 17.1 Å². The molecule has 1 heterocycles. The van der Waals surface area contributed by atoms with Gasteiger partial charge in [-0.05, 0) is 32.2 Å². The summed E-state index contributed by atoms with van der Waals surface area (Å²) in [5.74, 6) is -0.548. The Hall–Kier alpha value is -1.44. The summed E-state index contributed by atoms with van der Waals surface area (Å²) in [5, 5.41) is 4.56. The summed E-state index contributed by atoms with van der Waals surface area (Å²) < 4.78 is 40.3. The molecule has 0 aliphatic heterocycles. The van der Waals surface area contributed by atoms with Gasteiger partial charge in [-0.3, -0.25) is 4.31 Å². The first-order chi connectivity index (χ1) is 10.0. The van der Waals surface area contributed by atoms with Gasteiger partial charge in [0.25, 0.3) is 10.0 Å². The molecule has 0 radical (unpaired) electrons. The Labute approximate surface area is 128 Å². The monoisotopic (exact) mass is 328 g/mol. The normalized spacial score (nSPS) is 11.6. The molecule has 0 atom stereocenters. The molecular formula is C14H17FN2O2S2. The van der Waals surface area contributed by atoms with Crippen LogP contribution in [0, 0.1) is 5.82 Å². The molecule has 2 aromatic rings. The number of halogens is 1. The van der Waals surface area contributed by atoms with Crippen LogP contribution in [0.4, 0.5) is 10.1 Å². The number of anilines is 1. The maximum atomic E-state index is 13.9. The number of rotatable bonds is 6. The minimum Gasteiger partial charge on any atom is -0.315 e. The smallest absolute Gasteiger partial charge is 0.265 e. The molecule has 0 aliphatic carbocycles. The van der Waals surface area contributed by atoms with Crippen LogP contribution in [0.25, 0.3) is 0 Å². The molecule has 0 unspecified atom stereocenters. The van der Waals surface area contributed by atoms with Crippen LogP contribution in [0.2, 0.25) is 0 Å². The number of para-hydroxylation sites is 1. The Morgan fingerprint density at radius 3 is 2.67 bits per heavy atom. The summed E-state index contributed by atoms with van der Waals surface area (Å²) >= 11 is 1.37. The number of benzene rings is 1. The summed E-state index contributed by atoms with van der Waals surface area (Å²) in [6.45, 7) is 2.46. The summed E-state index contributed by atoms with van der Waals surface area (Å²) in [5.41, 5.74) is 0.0707. The molecule has 114 valence electrons. The van der Waals surface area contributed by atoms with Crippen LogP contribution >= 0.6 is 11.3 Å². The molecule has 0 amide bonds. The van der Waals surface area contributed by atoms with Crippen molar-refractivity contribution in [2.24, 2.45) is 0 Å². The predicted octanol–water partition coefficient (Wildman–Crippen LogP) is 2.82. The number of nitrogens with zero attached hydrogens (tertiary/aromatic N) is 1. The molecule has 0 aliphatic rings. The minimum absolute atomic E-state index is 0.0707. The third-order valence-electron chi connectivity index (χ3n) is 2.98. The van der Waals surface area contributed by atoms with E-state index >= 15 is 0 Å². The van der Waals surface area contributed by atoms with Crippen molar-refractivity contribution in [1.82, 2.24) is 5.32 Å². The van der Waals surface area contributed by atoms with Gasteiger partial charge in [-0.1, -0.05) is 12.1 Å². The van der Waals surface area contributed by atoms with Crippen molar-refractivity contribution < 1.29 is 12.8 Å². The number of thiophene rings is 1. The van der Waals surface area contributed by atoms with Crippen molar-refractivity contribution in [3.05, 3.63) is 46.4 Å². The summed E-state index contributed by atoms with van der Waals surface area (Å²) in [6.07, 6.45) is 0. The van der Waals surface area contributed by atoms with Crippen molar-refractivity contribution in [3.63, 3.8) is 0 Å². The fourth-order valence-electron chi connectivity index (χ4n) is 2.01. The van der Waals surface area contributed by atoms with Crippen LogP contribution in [0.3, 0.4) is 0 Å². The fourth-order valence-corrected chi connectivity index (χ4v) is 4.77. The highest BCUT2D eigenvalue weighted by atomic mass is 32.2. The van der Waals surface area contributed by atoms with Crippen molar-refractivity contribution in [2.75, 3.05) is 17.9 Å². The number of hydrogen-bond acceptors (Lipinski definition) is 4. The molecule has 0 spiro atoms. The Kier molecular flexibility index (Phi) is 4.97. The van der Waals surface area contributed by atoms with E-state index < -0.39 is 15.8 Å². The van der Waals surface area contributed by atoms with Gasteiger partial charge in [0.15, 0.2) is 0 Å². The average molecular weight is 328 g/mol. The van der Waals surface area contributed by atoms with Gasteiger partial charge in [0.2, 0.25) is 0 Å². The third-order valence-corrected chi connectivity index (χ3v) is 5.93. The highest BCUT2D eigenvalue weighted by Gasteiger charge is 2.26. The molecular weight excluding hydrogens is 311 g/mol. The quantitative estimate of drug-likeness (QED) is 0.887. The summed E-state index contributed by atoms with van der Waals surface area (Å²) in [4.78, 5) is 1.11. The van der Waals surface area contributed by atoms with E-state index in [9.17, 15) is 12.8 Å². The molecule has 1 aromatic heterocycles. The molecule has 2 rings (SSSR count). The second-order valence-corrected chi connectivity index (χ2v) is 7.26. The van der Waals surface area contributed by atoms with Crippen molar-refractivity contribution in [1.29, 1.82) is 0 Å². The van der Waals surface area contributed by atoms with Crippen molar-refractivity contribution >= 4 is 27.0 Å². The molecule has 21 heavy (non-hydrogen) atoms. The maximum Gasteiger partial charge on any atom is 0.265 e. The van der Waals surface area contributed by atoms with E-state index in [0.717, 1.165) is 9.18 Å². The van der Waals surface area contributed by atoms with Crippen LogP contribution in [-0.4, -0.2) is 22.0 Å². The number of sulfonamides is 1. The molecule has 1 N–H and O–H groups in total. The van der Waals surface area contributed by atoms with Gasteiger partial charge in [0, 0.05) is 23.3 Å². The van der Waals surface area contributed by atoms with Crippen LogP contribution < -0.4 is 9.62 Å². The molecule has 0 bridgehead atoms. The zero-order valence-electron chi connectivity index (χ0n) is 11.8. The Bertz CT molecular complexity index is 713. The van der Waals surface area contributed by atoms with Crippen molar-refractivity contribution in [2.45, 2.75) is 18.4 Å². The zero-order valence-corrected chi connectivity index (χ0v) is 13.5. The number of nitrogens with one attached hydrogen (secondary N) is 1. The highest BCUT2D eigenvalue weighted by molar-refractivity contribution is 7.93. The SMILES string of the molecule is CCN(c1ccccc1F)S(=O)(=O)c1csc(CNC)c1. The van der Waals surface area contributed by atoms with Gasteiger partial charge in [-0.15, -0.1) is 11.3 Å². The topological polar surface area (TPSA) is 49.4 Å². The minimum atomic E-state index is -3.75. The largest absolute Gasteiger partial charge is 0.315 e. The van der Waals surface area contributed by atoms with Crippen LogP contribution in [-0.2, 0) is 16.6 Å². The lowest BCUT2D eigenvalue weighted by atomic mass is 10.3. The second-order valence-electron chi connectivity index (χ2n) is 4.40. The van der Waals surface area contributed by atoms with Crippen LogP contribution in [0.15, 0.2) is 40.6 Å². The van der Waals surface area contributed by atoms with Gasteiger partial charge in [0.1, 0.15) is 5.82 Å². The van der Waals surface area contributed by atoms with E-state index in [1.165, 1.54) is 29.5 Å². The summed E-state index contributed by atoms with van der Waals surface area (Å²) in [7, 11) is -1.95. The van der Waals surface area contributed by atoms with Crippen LogP contribution in [0.1, 0.15) is 11.8 Å². The molecule has 7 heteroatoms. The average Bonchev–Trinajstić information content (AvgIpc) is 2.91. The third kappa shape index (κ3) is 3.25. The zero-order chi connectivity index (χ0) is 15.5. The maximum absolute atomic E-state index is 13.9. The fraction of sp³-hybridized carbons (Fsp3) is 0.286. The standard InChI is InChI=1S/C14H17FN2O2S2/c1-3-17(14-7-5-4-6-13(14)15)21(18,19)12-8-11(9-16-2)20-10-12/h4-8,10,16H,3,9H2,1-2H3. The lowest BCUT2D eigenvalue weighted by molar-refractivity contribution is 0.586. The van der Waals surface area contributed by atoms with Gasteiger partial charge in [-0.2, -0.15) is 0 Å². The predicted molar refractivity (Wildman–Crippen MR) is 83.7 cm³/mol. The highest BCUT2D eigenvalue weighted by Crippen LogP contribution is 2.28. The molecule has 0 saturated heterocycles.